The molecule has 1 aromatic rings. The van der Waals surface area contributed by atoms with Crippen LogP contribution in [0.25, 0.3) is 0 Å². The summed E-state index contributed by atoms with van der Waals surface area (Å²) in [5.74, 6) is 0.315. The van der Waals surface area contributed by atoms with Gasteiger partial charge in [-0.15, -0.1) is 24.8 Å². The fraction of sp³-hybridized carbons (Fsp3) is 0.667. The third-order valence-corrected chi connectivity index (χ3v) is 4.38. The van der Waals surface area contributed by atoms with E-state index < -0.39 is 12.5 Å². The minimum absolute atomic E-state index is 0. The Labute approximate surface area is 170 Å². The number of hydrogen-bond donors (Lipinski definition) is 1. The Bertz CT molecular complexity index is 527. The molecule has 0 bridgehead atoms. The molecule has 1 N–H and O–H groups in total. The fourth-order valence-corrected chi connectivity index (χ4v) is 3.00. The van der Waals surface area contributed by atoms with Gasteiger partial charge in [0.25, 0.3) is 0 Å². The van der Waals surface area contributed by atoms with Gasteiger partial charge < -0.3 is 10.1 Å². The van der Waals surface area contributed by atoms with Crippen molar-refractivity contribution in [3.63, 3.8) is 0 Å². The lowest BCUT2D eigenvalue weighted by Crippen LogP contribution is -2.45. The van der Waals surface area contributed by atoms with Crippen molar-refractivity contribution in [2.75, 3.05) is 26.2 Å². The molecule has 0 unspecified atom stereocenters. The number of benzene rings is 1. The number of alkyl halides is 4. The summed E-state index contributed by atoms with van der Waals surface area (Å²) in [5, 5.41) is 3.32. The molecule has 2 rings (SSSR count). The summed E-state index contributed by atoms with van der Waals surface area (Å²) in [6, 6.07) is 6.27. The van der Waals surface area contributed by atoms with Crippen LogP contribution in [0.1, 0.15) is 38.3 Å². The predicted molar refractivity (Wildman–Crippen MR) is 104 cm³/mol. The first kappa shape index (κ1) is 26.2. The van der Waals surface area contributed by atoms with Crippen molar-refractivity contribution < 1.29 is 22.3 Å². The highest BCUT2D eigenvalue weighted by molar-refractivity contribution is 5.85. The van der Waals surface area contributed by atoms with Crippen molar-refractivity contribution in [1.29, 1.82) is 0 Å². The molecule has 0 aromatic heterocycles. The van der Waals surface area contributed by atoms with Crippen LogP contribution in [0.3, 0.4) is 0 Å². The second-order valence-corrected chi connectivity index (χ2v) is 6.81. The number of halogens is 6. The number of piperazine rings is 1. The molecule has 0 aliphatic carbocycles. The second-order valence-electron chi connectivity index (χ2n) is 6.81. The zero-order valence-electron chi connectivity index (χ0n) is 15.5. The lowest BCUT2D eigenvalue weighted by Gasteiger charge is -2.35. The van der Waals surface area contributed by atoms with Crippen LogP contribution in [-0.2, 0) is 0 Å². The Balaban J connectivity index is 0.00000338. The van der Waals surface area contributed by atoms with Crippen LogP contribution in [0.4, 0.5) is 17.6 Å². The predicted octanol–water partition coefficient (Wildman–Crippen LogP) is 5.15. The minimum Gasteiger partial charge on any atom is -0.428 e. The lowest BCUT2D eigenvalue weighted by atomic mass is 9.95. The van der Waals surface area contributed by atoms with Gasteiger partial charge in [0.15, 0.2) is 0 Å². The van der Waals surface area contributed by atoms with Crippen molar-refractivity contribution in [3.8, 4) is 5.75 Å². The van der Waals surface area contributed by atoms with Crippen LogP contribution in [-0.4, -0.2) is 43.6 Å². The molecule has 0 spiro atoms. The SMILES string of the molecule is CC(C)CC[C@@H](c1ccc(OC(F)(F)C(F)F)cc1)N1CCNCC1.Cl.Cl. The molecule has 3 nitrogen and oxygen atoms in total. The number of nitrogens with one attached hydrogen (secondary N) is 1. The number of ether oxygens (including phenoxy) is 1. The Morgan fingerprint density at radius 2 is 1.59 bits per heavy atom. The average Bonchev–Trinajstić information content (AvgIpc) is 2.57. The van der Waals surface area contributed by atoms with Crippen LogP contribution >= 0.6 is 24.8 Å². The van der Waals surface area contributed by atoms with Crippen molar-refractivity contribution >= 4 is 24.8 Å². The molecule has 9 heteroatoms. The summed E-state index contributed by atoms with van der Waals surface area (Å²) in [6.45, 7) is 8.01. The molecule has 1 aliphatic rings. The number of rotatable bonds is 8. The summed E-state index contributed by atoms with van der Waals surface area (Å²) < 4.78 is 54.6. The van der Waals surface area contributed by atoms with Gasteiger partial charge in [0.05, 0.1) is 0 Å². The zero-order valence-corrected chi connectivity index (χ0v) is 17.1. The van der Waals surface area contributed by atoms with E-state index in [4.69, 9.17) is 0 Å². The first-order valence-electron chi connectivity index (χ1n) is 8.69. The van der Waals surface area contributed by atoms with Gasteiger partial charge in [0, 0.05) is 32.2 Å². The van der Waals surface area contributed by atoms with E-state index in [9.17, 15) is 17.6 Å². The van der Waals surface area contributed by atoms with E-state index in [1.807, 2.05) is 0 Å². The van der Waals surface area contributed by atoms with Gasteiger partial charge in [0.2, 0.25) is 0 Å². The van der Waals surface area contributed by atoms with E-state index in [0.717, 1.165) is 44.6 Å². The van der Waals surface area contributed by atoms with Crippen LogP contribution in [0.5, 0.6) is 5.75 Å². The Morgan fingerprint density at radius 1 is 1.04 bits per heavy atom. The maximum Gasteiger partial charge on any atom is 0.461 e. The molecule has 27 heavy (non-hydrogen) atoms. The largest absolute Gasteiger partial charge is 0.461 e. The third-order valence-electron chi connectivity index (χ3n) is 4.38. The van der Waals surface area contributed by atoms with Gasteiger partial charge in [0.1, 0.15) is 5.75 Å². The molecule has 1 saturated heterocycles. The number of hydrogen-bond acceptors (Lipinski definition) is 3. The summed E-state index contributed by atoms with van der Waals surface area (Å²) >= 11 is 0. The molecule has 1 heterocycles. The summed E-state index contributed by atoms with van der Waals surface area (Å²) in [4.78, 5) is 2.38. The van der Waals surface area contributed by atoms with Crippen molar-refractivity contribution in [1.82, 2.24) is 10.2 Å². The molecule has 0 radical (unpaired) electrons. The van der Waals surface area contributed by atoms with Gasteiger partial charge in [-0.2, -0.15) is 17.6 Å². The topological polar surface area (TPSA) is 24.5 Å². The third kappa shape index (κ3) is 8.02. The molecule has 1 aromatic carbocycles. The highest BCUT2D eigenvalue weighted by atomic mass is 35.5. The maximum atomic E-state index is 13.0. The monoisotopic (exact) mass is 434 g/mol. The minimum atomic E-state index is -4.48. The summed E-state index contributed by atoms with van der Waals surface area (Å²) in [6.07, 6.45) is -6.31. The van der Waals surface area contributed by atoms with Gasteiger partial charge in [-0.3, -0.25) is 4.90 Å². The molecule has 158 valence electrons. The quantitative estimate of drug-likeness (QED) is 0.572. The Kier molecular flexibility index (Phi) is 11.6. The summed E-state index contributed by atoms with van der Waals surface area (Å²) in [7, 11) is 0. The highest BCUT2D eigenvalue weighted by Gasteiger charge is 2.43. The first-order valence-corrected chi connectivity index (χ1v) is 8.69. The molecule has 1 fully saturated rings. The number of nitrogens with zero attached hydrogens (tertiary/aromatic N) is 1. The van der Waals surface area contributed by atoms with Gasteiger partial charge in [-0.1, -0.05) is 26.0 Å². The average molecular weight is 435 g/mol. The second kappa shape index (κ2) is 11.9. The van der Waals surface area contributed by atoms with Gasteiger partial charge in [-0.05, 0) is 36.5 Å². The van der Waals surface area contributed by atoms with E-state index in [1.54, 1.807) is 12.1 Å². The van der Waals surface area contributed by atoms with E-state index in [0.29, 0.717) is 5.92 Å². The maximum absolute atomic E-state index is 13.0. The van der Waals surface area contributed by atoms with E-state index in [2.05, 4.69) is 28.8 Å². The fourth-order valence-electron chi connectivity index (χ4n) is 3.00. The molecule has 1 aliphatic heterocycles. The van der Waals surface area contributed by atoms with Crippen molar-refractivity contribution in [2.24, 2.45) is 5.92 Å². The summed E-state index contributed by atoms with van der Waals surface area (Å²) in [5.41, 5.74) is 0.996. The first-order chi connectivity index (χ1) is 11.8. The zero-order chi connectivity index (χ0) is 18.4. The van der Waals surface area contributed by atoms with Crippen LogP contribution in [0, 0.1) is 5.92 Å². The van der Waals surface area contributed by atoms with Gasteiger partial charge >= 0.3 is 12.5 Å². The van der Waals surface area contributed by atoms with Crippen LogP contribution in [0.2, 0.25) is 0 Å². The molecule has 0 saturated carbocycles. The lowest BCUT2D eigenvalue weighted by molar-refractivity contribution is -0.253. The molecular weight excluding hydrogens is 407 g/mol. The van der Waals surface area contributed by atoms with Gasteiger partial charge in [-0.25, -0.2) is 0 Å². The molecular formula is C18H28Cl2F4N2O. The normalized spacial score (nSPS) is 16.6. The Morgan fingerprint density at radius 3 is 2.07 bits per heavy atom. The Hall–Kier alpha value is -0.760. The van der Waals surface area contributed by atoms with Crippen LogP contribution < -0.4 is 10.1 Å². The van der Waals surface area contributed by atoms with Crippen molar-refractivity contribution in [3.05, 3.63) is 29.8 Å². The van der Waals surface area contributed by atoms with Crippen LogP contribution in [0.15, 0.2) is 24.3 Å². The van der Waals surface area contributed by atoms with Crippen molar-refractivity contribution in [2.45, 2.75) is 45.3 Å². The highest BCUT2D eigenvalue weighted by Crippen LogP contribution is 2.31. The smallest absolute Gasteiger partial charge is 0.428 e. The molecule has 1 atom stereocenters. The van der Waals surface area contributed by atoms with E-state index >= 15 is 0 Å². The standard InChI is InChI=1S/C18H26F4N2O.2ClH/c1-13(2)3-8-16(24-11-9-23-10-12-24)14-4-6-15(7-5-14)25-18(21,22)17(19)20;;/h4-7,13,16-17,23H,3,8-12H2,1-2H3;2*1H/t16-;;/m0../s1. The van der Waals surface area contributed by atoms with E-state index in [-0.39, 0.29) is 36.6 Å². The van der Waals surface area contributed by atoms with E-state index in [1.165, 1.54) is 12.1 Å². The molecule has 0 amide bonds.